The van der Waals surface area contributed by atoms with Crippen molar-refractivity contribution in [3.05, 3.63) is 50.2 Å². The minimum Gasteiger partial charge on any atom is -0.484 e. The van der Waals surface area contributed by atoms with Gasteiger partial charge in [-0.3, -0.25) is 24.4 Å². The summed E-state index contributed by atoms with van der Waals surface area (Å²) >= 11 is 0. The van der Waals surface area contributed by atoms with E-state index in [1.54, 1.807) is 18.2 Å². The topological polar surface area (TPSA) is 142 Å². The Hall–Kier alpha value is -3.56. The first-order chi connectivity index (χ1) is 15.8. The number of carbonyl (C=O) groups is 2. The second-order valence-corrected chi connectivity index (χ2v) is 8.66. The van der Waals surface area contributed by atoms with Gasteiger partial charge in [0.1, 0.15) is 11.4 Å². The number of benzene rings is 1. The van der Waals surface area contributed by atoms with E-state index < -0.39 is 16.9 Å². The number of aromatic nitrogens is 2. The van der Waals surface area contributed by atoms with Crippen LogP contribution in [0.5, 0.6) is 11.6 Å². The molecule has 0 radical (unpaired) electrons. The second-order valence-electron chi connectivity index (χ2n) is 8.66. The SMILES string of the molecule is CC(=O)Nc1ccc(OCC(=O)NCC[C@@]23CCCC[C@@H]2c2c([nH]c(=O)[nH]c2=O)O3)cc1C. The highest BCUT2D eigenvalue weighted by Crippen LogP contribution is 2.51. The third kappa shape index (κ3) is 4.79. The minimum atomic E-state index is -0.608. The van der Waals surface area contributed by atoms with Gasteiger partial charge in [-0.05, 0) is 49.9 Å². The maximum atomic E-state index is 12.4. The zero-order valence-electron chi connectivity index (χ0n) is 18.7. The lowest BCUT2D eigenvalue weighted by Crippen LogP contribution is -2.44. The number of H-pyrrole nitrogens is 2. The van der Waals surface area contributed by atoms with E-state index in [1.165, 1.54) is 6.92 Å². The highest BCUT2D eigenvalue weighted by molar-refractivity contribution is 5.89. The van der Waals surface area contributed by atoms with Gasteiger partial charge in [0.25, 0.3) is 11.5 Å². The smallest absolute Gasteiger partial charge is 0.328 e. The summed E-state index contributed by atoms with van der Waals surface area (Å²) in [6.07, 6.45) is 4.00. The predicted molar refractivity (Wildman–Crippen MR) is 121 cm³/mol. The molecule has 0 bridgehead atoms. The first kappa shape index (κ1) is 22.6. The molecular weight excluding hydrogens is 428 g/mol. The molecule has 0 unspecified atom stereocenters. The number of ether oxygens (including phenoxy) is 2. The van der Waals surface area contributed by atoms with E-state index >= 15 is 0 Å². The fourth-order valence-corrected chi connectivity index (χ4v) is 4.83. The molecule has 2 atom stereocenters. The zero-order chi connectivity index (χ0) is 23.6. The van der Waals surface area contributed by atoms with Gasteiger partial charge in [0.2, 0.25) is 11.8 Å². The number of hydrogen-bond donors (Lipinski definition) is 4. The standard InChI is InChI=1S/C23H28N4O6/c1-13-11-15(6-7-17(13)25-14(2)28)32-12-18(29)24-10-9-23-8-4-3-5-16(23)19-20(30)26-22(31)27-21(19)33-23/h6-7,11,16H,3-5,8-10,12H2,1-2H3,(H,24,29)(H,25,28)(H2,26,27,30,31)/t16-,23+/m1/s1. The van der Waals surface area contributed by atoms with E-state index in [1.807, 2.05) is 6.92 Å². The Morgan fingerprint density at radius 1 is 1.24 bits per heavy atom. The number of nitrogens with one attached hydrogen (secondary N) is 4. The van der Waals surface area contributed by atoms with Gasteiger partial charge in [0.05, 0.1) is 5.56 Å². The van der Waals surface area contributed by atoms with Gasteiger partial charge in [-0.25, -0.2) is 4.79 Å². The molecule has 4 rings (SSSR count). The number of aryl methyl sites for hydroxylation is 1. The molecule has 176 valence electrons. The van der Waals surface area contributed by atoms with Gasteiger partial charge in [0.15, 0.2) is 6.61 Å². The van der Waals surface area contributed by atoms with Gasteiger partial charge in [-0.1, -0.05) is 6.42 Å². The van der Waals surface area contributed by atoms with Crippen molar-refractivity contribution >= 4 is 17.5 Å². The van der Waals surface area contributed by atoms with Gasteiger partial charge in [-0.2, -0.15) is 0 Å². The predicted octanol–water partition coefficient (Wildman–Crippen LogP) is 1.70. The molecule has 2 aliphatic rings. The Kier molecular flexibility index (Phi) is 6.26. The Morgan fingerprint density at radius 2 is 2.06 bits per heavy atom. The average molecular weight is 456 g/mol. The summed E-state index contributed by atoms with van der Waals surface area (Å²) < 4.78 is 11.7. The van der Waals surface area contributed by atoms with E-state index in [2.05, 4.69) is 20.6 Å². The minimum absolute atomic E-state index is 0.111. The molecule has 1 fully saturated rings. The monoisotopic (exact) mass is 456 g/mol. The Labute approximate surface area is 190 Å². The lowest BCUT2D eigenvalue weighted by Gasteiger charge is -2.38. The van der Waals surface area contributed by atoms with Crippen LogP contribution in [0.15, 0.2) is 27.8 Å². The molecule has 0 spiro atoms. The summed E-state index contributed by atoms with van der Waals surface area (Å²) in [7, 11) is 0. The number of rotatable bonds is 7. The van der Waals surface area contributed by atoms with E-state index in [9.17, 15) is 19.2 Å². The van der Waals surface area contributed by atoms with Gasteiger partial charge in [0, 0.05) is 31.5 Å². The van der Waals surface area contributed by atoms with Crippen molar-refractivity contribution in [3.63, 3.8) is 0 Å². The van der Waals surface area contributed by atoms with Crippen molar-refractivity contribution in [3.8, 4) is 11.6 Å². The molecule has 1 aliphatic heterocycles. The lowest BCUT2D eigenvalue weighted by atomic mass is 9.72. The normalized spacial score (nSPS) is 20.8. The third-order valence-corrected chi connectivity index (χ3v) is 6.32. The van der Waals surface area contributed by atoms with Crippen LogP contribution in [0.4, 0.5) is 5.69 Å². The average Bonchev–Trinajstić information content (AvgIpc) is 3.08. The van der Waals surface area contributed by atoms with Crippen molar-refractivity contribution in [1.29, 1.82) is 0 Å². The highest BCUT2D eigenvalue weighted by Gasteiger charge is 2.51. The summed E-state index contributed by atoms with van der Waals surface area (Å²) in [6, 6.07) is 5.18. The Morgan fingerprint density at radius 3 is 2.82 bits per heavy atom. The molecule has 2 aromatic rings. The van der Waals surface area contributed by atoms with Crippen LogP contribution in [0.2, 0.25) is 0 Å². The fourth-order valence-electron chi connectivity index (χ4n) is 4.83. The number of anilines is 1. The largest absolute Gasteiger partial charge is 0.484 e. The van der Waals surface area contributed by atoms with Gasteiger partial charge >= 0.3 is 5.69 Å². The summed E-state index contributed by atoms with van der Waals surface area (Å²) in [5.74, 6) is 0.240. The molecule has 2 heterocycles. The van der Waals surface area contributed by atoms with E-state index in [4.69, 9.17) is 9.47 Å². The third-order valence-electron chi connectivity index (χ3n) is 6.32. The van der Waals surface area contributed by atoms with Crippen molar-refractivity contribution in [1.82, 2.24) is 15.3 Å². The summed E-state index contributed by atoms with van der Waals surface area (Å²) in [6.45, 7) is 3.49. The van der Waals surface area contributed by atoms with Crippen LogP contribution in [0.25, 0.3) is 0 Å². The number of amides is 2. The number of aromatic amines is 2. The van der Waals surface area contributed by atoms with Crippen LogP contribution in [0.1, 0.15) is 56.1 Å². The zero-order valence-corrected chi connectivity index (χ0v) is 18.7. The molecule has 10 heteroatoms. The molecule has 4 N–H and O–H groups in total. The van der Waals surface area contributed by atoms with Crippen molar-refractivity contribution in [2.45, 2.75) is 57.5 Å². The first-order valence-corrected chi connectivity index (χ1v) is 11.1. The maximum absolute atomic E-state index is 12.4. The summed E-state index contributed by atoms with van der Waals surface area (Å²) in [5, 5.41) is 5.58. The molecule has 2 amide bonds. The molecule has 1 aromatic carbocycles. The highest BCUT2D eigenvalue weighted by atomic mass is 16.5. The molecule has 0 saturated heterocycles. The van der Waals surface area contributed by atoms with Gasteiger partial charge in [-0.15, -0.1) is 0 Å². The number of carbonyl (C=O) groups excluding carboxylic acids is 2. The Bertz CT molecular complexity index is 1190. The maximum Gasteiger partial charge on any atom is 0.328 e. The fraction of sp³-hybridized carbons (Fsp3) is 0.478. The molecule has 1 aliphatic carbocycles. The van der Waals surface area contributed by atoms with Crippen LogP contribution in [-0.2, 0) is 9.59 Å². The van der Waals surface area contributed by atoms with Crippen LogP contribution >= 0.6 is 0 Å². The molecule has 1 saturated carbocycles. The van der Waals surface area contributed by atoms with Crippen LogP contribution < -0.4 is 31.4 Å². The van der Waals surface area contributed by atoms with E-state index in [0.29, 0.717) is 30.0 Å². The molecule has 10 nitrogen and oxygen atoms in total. The van der Waals surface area contributed by atoms with Crippen molar-refractivity contribution in [2.75, 3.05) is 18.5 Å². The van der Waals surface area contributed by atoms with Crippen molar-refractivity contribution in [2.24, 2.45) is 0 Å². The quantitative estimate of drug-likeness (QED) is 0.500. The van der Waals surface area contributed by atoms with Crippen LogP contribution in [0.3, 0.4) is 0 Å². The Balaban J connectivity index is 1.32. The number of hydrogen-bond acceptors (Lipinski definition) is 6. The van der Waals surface area contributed by atoms with Crippen molar-refractivity contribution < 1.29 is 19.1 Å². The van der Waals surface area contributed by atoms with Gasteiger partial charge < -0.3 is 20.1 Å². The van der Waals surface area contributed by atoms with E-state index in [0.717, 1.165) is 31.2 Å². The summed E-state index contributed by atoms with van der Waals surface area (Å²) in [4.78, 5) is 52.5. The molecular formula is C23H28N4O6. The van der Waals surface area contributed by atoms with Crippen LogP contribution in [-0.4, -0.2) is 40.5 Å². The summed E-state index contributed by atoms with van der Waals surface area (Å²) in [5.41, 5.74) is 0.429. The first-order valence-electron chi connectivity index (χ1n) is 11.1. The van der Waals surface area contributed by atoms with E-state index in [-0.39, 0.29) is 30.2 Å². The lowest BCUT2D eigenvalue weighted by molar-refractivity contribution is -0.123. The molecule has 33 heavy (non-hydrogen) atoms. The number of fused-ring (bicyclic) bond motifs is 3. The molecule has 1 aromatic heterocycles. The second kappa shape index (κ2) is 9.13. The van der Waals surface area contributed by atoms with Crippen LogP contribution in [0, 0.1) is 6.92 Å².